The SMILES string of the molecule is C=CCCC(=O)OC[C@H](NC(=O)[C@@H]1[C@H]2C(=O)N([C@@H](CC)CO)[C@H](C(=O)N(CC=C)Cn3nnc4ccccc43)[C@]23CC[C@H]1O3)c1ccccc1. The number of allylic oxidation sites excluding steroid dienone is 1. The third-order valence-electron chi connectivity index (χ3n) is 10.2. The first kappa shape index (κ1) is 35.0. The Morgan fingerprint density at radius 3 is 2.64 bits per heavy atom. The average Bonchev–Trinajstić information content (AvgIpc) is 3.89. The van der Waals surface area contributed by atoms with Crippen LogP contribution in [-0.2, 0) is 35.3 Å². The highest BCUT2D eigenvalue weighted by atomic mass is 16.5. The van der Waals surface area contributed by atoms with E-state index in [1.54, 1.807) is 21.7 Å². The quantitative estimate of drug-likeness (QED) is 0.171. The topological polar surface area (TPSA) is 156 Å². The number of aliphatic hydroxyl groups is 1. The molecule has 4 heterocycles. The van der Waals surface area contributed by atoms with Crippen molar-refractivity contribution in [3.8, 4) is 0 Å². The zero-order valence-electron chi connectivity index (χ0n) is 28.2. The lowest BCUT2D eigenvalue weighted by Crippen LogP contribution is -2.58. The highest BCUT2D eigenvalue weighted by molar-refractivity contribution is 5.99. The molecule has 6 rings (SSSR count). The maximum atomic E-state index is 14.8. The molecule has 50 heavy (non-hydrogen) atoms. The fourth-order valence-electron chi connectivity index (χ4n) is 7.85. The van der Waals surface area contributed by atoms with Gasteiger partial charge in [-0.1, -0.05) is 66.8 Å². The molecule has 1 aromatic heterocycles. The summed E-state index contributed by atoms with van der Waals surface area (Å²) in [5.74, 6) is -3.48. The van der Waals surface area contributed by atoms with Crippen molar-refractivity contribution in [2.45, 2.75) is 75.5 Å². The van der Waals surface area contributed by atoms with Gasteiger partial charge in [0.15, 0.2) is 0 Å². The number of aliphatic hydroxyl groups excluding tert-OH is 1. The Balaban J connectivity index is 1.31. The molecule has 2 aromatic carbocycles. The Morgan fingerprint density at radius 1 is 1.16 bits per heavy atom. The van der Waals surface area contributed by atoms with Crippen LogP contribution >= 0.6 is 0 Å². The zero-order chi connectivity index (χ0) is 35.4. The molecule has 3 fully saturated rings. The van der Waals surface area contributed by atoms with Gasteiger partial charge in [-0.05, 0) is 43.4 Å². The monoisotopic (exact) mass is 684 g/mol. The average molecular weight is 685 g/mol. The molecule has 2 bridgehead atoms. The molecule has 7 atom stereocenters. The molecule has 2 N–H and O–H groups in total. The summed E-state index contributed by atoms with van der Waals surface area (Å²) < 4.78 is 13.8. The van der Waals surface area contributed by atoms with Gasteiger partial charge >= 0.3 is 5.97 Å². The molecule has 0 aliphatic carbocycles. The number of hydrogen-bond acceptors (Lipinski definition) is 9. The molecule has 0 unspecified atom stereocenters. The minimum Gasteiger partial charge on any atom is -0.463 e. The van der Waals surface area contributed by atoms with Crippen molar-refractivity contribution >= 4 is 34.7 Å². The van der Waals surface area contributed by atoms with Crippen molar-refractivity contribution in [2.24, 2.45) is 11.8 Å². The second kappa shape index (κ2) is 14.9. The Bertz CT molecular complexity index is 1740. The van der Waals surface area contributed by atoms with E-state index in [4.69, 9.17) is 9.47 Å². The summed E-state index contributed by atoms with van der Waals surface area (Å²) in [5.41, 5.74) is 0.858. The minimum absolute atomic E-state index is 0.0399. The van der Waals surface area contributed by atoms with E-state index >= 15 is 0 Å². The second-order valence-corrected chi connectivity index (χ2v) is 13.1. The Kier molecular flexibility index (Phi) is 10.4. The summed E-state index contributed by atoms with van der Waals surface area (Å²) in [6, 6.07) is 14.1. The van der Waals surface area contributed by atoms with Crippen molar-refractivity contribution in [1.82, 2.24) is 30.1 Å². The third kappa shape index (κ3) is 6.31. The number of nitrogens with zero attached hydrogens (tertiary/aromatic N) is 5. The number of ether oxygens (including phenoxy) is 2. The van der Waals surface area contributed by atoms with Gasteiger partial charge in [-0.3, -0.25) is 19.2 Å². The van der Waals surface area contributed by atoms with Gasteiger partial charge in [0.25, 0.3) is 0 Å². The van der Waals surface area contributed by atoms with Gasteiger partial charge in [0.2, 0.25) is 17.7 Å². The van der Waals surface area contributed by atoms with E-state index in [0.717, 1.165) is 11.1 Å². The number of carbonyl (C=O) groups excluding carboxylic acids is 4. The van der Waals surface area contributed by atoms with Gasteiger partial charge < -0.3 is 29.7 Å². The van der Waals surface area contributed by atoms with Crippen LogP contribution in [0, 0.1) is 11.8 Å². The molecule has 264 valence electrons. The Labute approximate surface area is 290 Å². The van der Waals surface area contributed by atoms with E-state index in [1.807, 2.05) is 61.5 Å². The summed E-state index contributed by atoms with van der Waals surface area (Å²) >= 11 is 0. The van der Waals surface area contributed by atoms with E-state index in [9.17, 15) is 24.3 Å². The number of hydrogen-bond donors (Lipinski definition) is 2. The fourth-order valence-corrected chi connectivity index (χ4v) is 7.85. The lowest BCUT2D eigenvalue weighted by Gasteiger charge is -2.39. The Hall–Kier alpha value is -4.88. The van der Waals surface area contributed by atoms with Crippen molar-refractivity contribution in [3.05, 3.63) is 85.5 Å². The van der Waals surface area contributed by atoms with Crippen molar-refractivity contribution in [2.75, 3.05) is 19.8 Å². The highest BCUT2D eigenvalue weighted by Gasteiger charge is 2.75. The van der Waals surface area contributed by atoms with E-state index in [2.05, 4.69) is 28.8 Å². The number of benzene rings is 2. The molecule has 13 nitrogen and oxygen atoms in total. The minimum atomic E-state index is -1.29. The second-order valence-electron chi connectivity index (χ2n) is 13.1. The number of para-hydroxylation sites is 1. The number of esters is 1. The van der Waals surface area contributed by atoms with Crippen LogP contribution in [0.1, 0.15) is 50.6 Å². The normalized spacial score (nSPS) is 24.8. The first-order valence-electron chi connectivity index (χ1n) is 17.2. The molecule has 3 aliphatic heterocycles. The van der Waals surface area contributed by atoms with Crippen molar-refractivity contribution in [3.63, 3.8) is 0 Å². The van der Waals surface area contributed by atoms with E-state index in [0.29, 0.717) is 31.2 Å². The number of rotatable bonds is 16. The van der Waals surface area contributed by atoms with E-state index in [-0.39, 0.29) is 38.8 Å². The summed E-state index contributed by atoms with van der Waals surface area (Å²) in [6.07, 6.45) is 4.52. The maximum Gasteiger partial charge on any atom is 0.306 e. The van der Waals surface area contributed by atoms with Gasteiger partial charge in [0.1, 0.15) is 30.4 Å². The van der Waals surface area contributed by atoms with Crippen molar-refractivity contribution < 1.29 is 33.8 Å². The lowest BCUT2D eigenvalue weighted by atomic mass is 9.70. The Morgan fingerprint density at radius 2 is 1.92 bits per heavy atom. The van der Waals surface area contributed by atoms with Gasteiger partial charge in [0.05, 0.1) is 42.1 Å². The molecule has 3 aromatic rings. The number of amides is 3. The van der Waals surface area contributed by atoms with Crippen molar-refractivity contribution in [1.29, 1.82) is 0 Å². The van der Waals surface area contributed by atoms with E-state index in [1.165, 1.54) is 4.90 Å². The van der Waals surface area contributed by atoms with Gasteiger partial charge in [-0.2, -0.15) is 0 Å². The van der Waals surface area contributed by atoms with Crippen LogP contribution in [0.15, 0.2) is 79.9 Å². The van der Waals surface area contributed by atoms with Crippen LogP contribution in [0.4, 0.5) is 0 Å². The molecule has 13 heteroatoms. The van der Waals surface area contributed by atoms with Crippen LogP contribution in [0.5, 0.6) is 0 Å². The van der Waals surface area contributed by atoms with Crippen LogP contribution in [-0.4, -0.2) is 97.1 Å². The summed E-state index contributed by atoms with van der Waals surface area (Å²) in [6.45, 7) is 9.08. The smallest absolute Gasteiger partial charge is 0.306 e. The van der Waals surface area contributed by atoms with E-state index < -0.39 is 59.5 Å². The number of aromatic nitrogens is 3. The first-order valence-corrected chi connectivity index (χ1v) is 17.2. The van der Waals surface area contributed by atoms with Crippen LogP contribution in [0.2, 0.25) is 0 Å². The predicted octanol–water partition coefficient (Wildman–Crippen LogP) is 2.92. The standard InChI is InChI=1S/C37H44N6O7/c1-4-7-17-30(45)49-22-27(24-13-9-8-10-14-24)38-34(46)31-29-18-19-37(50-29)32(31)35(47)43(25(6-3)21-44)33(37)36(48)41(20-5-2)23-42-28-16-12-11-15-26(28)39-40-42/h4-5,8-16,25,27,29,31-33,44H,1-2,6-7,17-23H2,3H3,(H,38,46)/t25-,27-,29+,31-,32-,33+,37-/m0/s1. The highest BCUT2D eigenvalue weighted by Crippen LogP contribution is 2.59. The predicted molar refractivity (Wildman–Crippen MR) is 183 cm³/mol. The molecular formula is C37H44N6O7. The third-order valence-corrected chi connectivity index (χ3v) is 10.2. The summed E-state index contributed by atoms with van der Waals surface area (Å²) in [5, 5.41) is 22.0. The molecule has 0 saturated carbocycles. The number of fused-ring (bicyclic) bond motifs is 2. The molecule has 1 spiro atoms. The molecule has 3 aliphatic rings. The summed E-state index contributed by atoms with van der Waals surface area (Å²) in [7, 11) is 0. The molecule has 3 amide bonds. The molecule has 0 radical (unpaired) electrons. The first-order chi connectivity index (χ1) is 24.3. The number of likely N-dealkylation sites (tertiary alicyclic amines) is 1. The van der Waals surface area contributed by atoms with Crippen LogP contribution in [0.25, 0.3) is 11.0 Å². The summed E-state index contributed by atoms with van der Waals surface area (Å²) in [4.78, 5) is 59.0. The number of carbonyl (C=O) groups is 4. The molecule has 3 saturated heterocycles. The van der Waals surface area contributed by atoms with Gasteiger partial charge in [-0.15, -0.1) is 18.3 Å². The zero-order valence-corrected chi connectivity index (χ0v) is 28.2. The van der Waals surface area contributed by atoms with Crippen LogP contribution < -0.4 is 5.32 Å². The lowest BCUT2D eigenvalue weighted by molar-refractivity contribution is -0.152. The number of nitrogens with one attached hydrogen (secondary N) is 1. The van der Waals surface area contributed by atoms with Gasteiger partial charge in [-0.25, -0.2) is 4.68 Å². The maximum absolute atomic E-state index is 14.8. The van der Waals surface area contributed by atoms with Gasteiger partial charge in [0, 0.05) is 13.0 Å². The molecular weight excluding hydrogens is 640 g/mol. The van der Waals surface area contributed by atoms with Crippen LogP contribution in [0.3, 0.4) is 0 Å². The largest absolute Gasteiger partial charge is 0.463 e. The fraction of sp³-hybridized carbons (Fsp3) is 0.459.